The number of rotatable bonds is 3. The van der Waals surface area contributed by atoms with Crippen LogP contribution in [-0.2, 0) is 9.53 Å². The number of hydrogen-bond acceptors (Lipinski definition) is 4. The molecule has 1 heterocycles. The van der Waals surface area contributed by atoms with Crippen molar-refractivity contribution in [2.24, 2.45) is 0 Å². The van der Waals surface area contributed by atoms with Gasteiger partial charge >= 0.3 is 0 Å². The van der Waals surface area contributed by atoms with Gasteiger partial charge < -0.3 is 10.5 Å². The molecule has 0 amide bonds. The molecule has 0 atom stereocenters. The molecule has 0 unspecified atom stereocenters. The lowest BCUT2D eigenvalue weighted by Gasteiger charge is -1.95. The molecule has 2 N–H and O–H groups in total. The summed E-state index contributed by atoms with van der Waals surface area (Å²) < 4.78 is 4.15. The van der Waals surface area contributed by atoms with Crippen molar-refractivity contribution >= 4 is 12.3 Å². The van der Waals surface area contributed by atoms with Gasteiger partial charge in [-0.3, -0.25) is 4.79 Å². The van der Waals surface area contributed by atoms with Crippen molar-refractivity contribution in [2.45, 2.75) is 39.5 Å². The maximum absolute atomic E-state index is 9.18. The van der Waals surface area contributed by atoms with Crippen molar-refractivity contribution in [3.8, 4) is 0 Å². The Balaban J connectivity index is 0.000000315. The molecule has 0 bridgehead atoms. The van der Waals surface area contributed by atoms with E-state index >= 15 is 0 Å². The quantitative estimate of drug-likeness (QED) is 0.822. The van der Waals surface area contributed by atoms with Crippen LogP contribution in [0.4, 0.5) is 5.82 Å². The number of hydrogen-bond donors (Lipinski definition) is 1. The Kier molecular flexibility index (Phi) is 8.74. The fraction of sp³-hybridized carbons (Fsp3) is 0.538. The minimum Gasteiger partial charge on any atom is -0.468 e. The van der Waals surface area contributed by atoms with Crippen LogP contribution >= 0.6 is 0 Å². The summed E-state index contributed by atoms with van der Waals surface area (Å²) in [7, 11) is 0. The van der Waals surface area contributed by atoms with E-state index in [0.717, 1.165) is 5.92 Å². The van der Waals surface area contributed by atoms with Crippen LogP contribution in [0.15, 0.2) is 18.3 Å². The maximum atomic E-state index is 9.18. The van der Waals surface area contributed by atoms with Crippen LogP contribution in [0.3, 0.4) is 0 Å². The van der Waals surface area contributed by atoms with Crippen molar-refractivity contribution in [3.63, 3.8) is 0 Å². The molecule has 0 spiro atoms. The first-order valence-corrected chi connectivity index (χ1v) is 6.04. The van der Waals surface area contributed by atoms with Crippen LogP contribution in [0.2, 0.25) is 0 Å². The average Bonchev–Trinajstić information content (AvgIpc) is 3.19. The second kappa shape index (κ2) is 9.63. The molecule has 1 fully saturated rings. The van der Waals surface area contributed by atoms with E-state index in [1.807, 2.05) is 26.1 Å². The Morgan fingerprint density at radius 2 is 2.12 bits per heavy atom. The molecule has 0 aromatic carbocycles. The summed E-state index contributed by atoms with van der Waals surface area (Å²) in [6.45, 7) is 6.66. The van der Waals surface area contributed by atoms with Gasteiger partial charge in [0.15, 0.2) is 0 Å². The number of carbonyl (C=O) groups excluding carboxylic acids is 1. The molecule has 1 saturated carbocycles. The Hall–Kier alpha value is -1.58. The Morgan fingerprint density at radius 3 is 2.41 bits per heavy atom. The zero-order valence-electron chi connectivity index (χ0n) is 10.8. The molecule has 4 nitrogen and oxygen atoms in total. The third kappa shape index (κ3) is 7.33. The number of ether oxygens (including phenoxy) is 1. The van der Waals surface area contributed by atoms with Crippen molar-refractivity contribution < 1.29 is 9.53 Å². The molecule has 1 aliphatic rings. The van der Waals surface area contributed by atoms with Gasteiger partial charge in [0.2, 0.25) is 0 Å². The highest BCUT2D eigenvalue weighted by Gasteiger charge is 2.23. The Bertz CT molecular complexity index is 295. The summed E-state index contributed by atoms with van der Waals surface area (Å²) in [4.78, 5) is 13.2. The van der Waals surface area contributed by atoms with E-state index in [9.17, 15) is 4.79 Å². The fourth-order valence-corrected chi connectivity index (χ4v) is 1.14. The molecule has 4 heteroatoms. The summed E-state index contributed by atoms with van der Waals surface area (Å²) in [6, 6.07) is 3.94. The second-order valence-electron chi connectivity index (χ2n) is 3.34. The van der Waals surface area contributed by atoms with E-state index in [1.165, 1.54) is 18.4 Å². The third-order valence-electron chi connectivity index (χ3n) is 2.09. The molecular formula is C13H22N2O2. The standard InChI is InChI=1S/C8H10N2.C3H6O2.C2H6/c9-8-4-3-7(5-10-8)6-1-2-6;1-2-5-3-4;1-2/h3-6H,1-2H2,(H2,9,10);3H,2H2,1H3;1-2H3. The molecule has 96 valence electrons. The van der Waals surface area contributed by atoms with Crippen molar-refractivity contribution in [3.05, 3.63) is 23.9 Å². The first kappa shape index (κ1) is 15.4. The summed E-state index contributed by atoms with van der Waals surface area (Å²) in [5.41, 5.74) is 6.78. The van der Waals surface area contributed by atoms with Gasteiger partial charge in [0.05, 0.1) is 6.61 Å². The number of anilines is 1. The van der Waals surface area contributed by atoms with Crippen LogP contribution in [0.5, 0.6) is 0 Å². The SMILES string of the molecule is CC.CCOC=O.Nc1ccc(C2CC2)cn1. The molecule has 1 aliphatic carbocycles. The Morgan fingerprint density at radius 1 is 1.47 bits per heavy atom. The van der Waals surface area contributed by atoms with Crippen LogP contribution in [0.25, 0.3) is 0 Å². The van der Waals surface area contributed by atoms with Gasteiger partial charge in [-0.1, -0.05) is 19.9 Å². The predicted molar refractivity (Wildman–Crippen MR) is 69.7 cm³/mol. The minimum atomic E-state index is 0.431. The number of nitrogens with zero attached hydrogens (tertiary/aromatic N) is 1. The van der Waals surface area contributed by atoms with E-state index in [0.29, 0.717) is 18.9 Å². The van der Waals surface area contributed by atoms with E-state index in [4.69, 9.17) is 5.73 Å². The number of carbonyl (C=O) groups is 1. The van der Waals surface area contributed by atoms with Crippen molar-refractivity contribution in [1.29, 1.82) is 0 Å². The number of aromatic nitrogens is 1. The highest BCUT2D eigenvalue weighted by molar-refractivity contribution is 5.36. The number of nitrogen functional groups attached to an aromatic ring is 1. The normalized spacial score (nSPS) is 12.4. The largest absolute Gasteiger partial charge is 0.468 e. The fourth-order valence-electron chi connectivity index (χ4n) is 1.14. The molecule has 17 heavy (non-hydrogen) atoms. The monoisotopic (exact) mass is 238 g/mol. The zero-order chi connectivity index (χ0) is 13.1. The summed E-state index contributed by atoms with van der Waals surface area (Å²) in [5, 5.41) is 0. The number of pyridine rings is 1. The van der Waals surface area contributed by atoms with Crippen LogP contribution in [0, 0.1) is 0 Å². The van der Waals surface area contributed by atoms with E-state index in [-0.39, 0.29) is 0 Å². The first-order chi connectivity index (χ1) is 8.27. The molecule has 0 saturated heterocycles. The zero-order valence-corrected chi connectivity index (χ0v) is 10.8. The van der Waals surface area contributed by atoms with Gasteiger partial charge in [0, 0.05) is 6.20 Å². The minimum absolute atomic E-state index is 0.431. The lowest BCUT2D eigenvalue weighted by atomic mass is 10.2. The smallest absolute Gasteiger partial charge is 0.293 e. The van der Waals surface area contributed by atoms with E-state index in [1.54, 1.807) is 6.92 Å². The topological polar surface area (TPSA) is 65.2 Å². The second-order valence-corrected chi connectivity index (χ2v) is 3.34. The van der Waals surface area contributed by atoms with Gasteiger partial charge in [-0.25, -0.2) is 4.98 Å². The van der Waals surface area contributed by atoms with Gasteiger partial charge in [-0.2, -0.15) is 0 Å². The van der Waals surface area contributed by atoms with Gasteiger partial charge in [-0.15, -0.1) is 0 Å². The highest BCUT2D eigenvalue weighted by atomic mass is 16.5. The van der Waals surface area contributed by atoms with Gasteiger partial charge in [-0.05, 0) is 37.3 Å². The van der Waals surface area contributed by atoms with Crippen molar-refractivity contribution in [2.75, 3.05) is 12.3 Å². The molecule has 1 aromatic rings. The van der Waals surface area contributed by atoms with Crippen LogP contribution in [-0.4, -0.2) is 18.1 Å². The summed E-state index contributed by atoms with van der Waals surface area (Å²) in [6.07, 6.45) is 4.53. The van der Waals surface area contributed by atoms with E-state index < -0.39 is 0 Å². The molecule has 0 radical (unpaired) electrons. The number of nitrogens with two attached hydrogens (primary N) is 1. The third-order valence-corrected chi connectivity index (χ3v) is 2.09. The molecule has 2 rings (SSSR count). The van der Waals surface area contributed by atoms with Crippen LogP contribution < -0.4 is 5.73 Å². The average molecular weight is 238 g/mol. The van der Waals surface area contributed by atoms with Gasteiger partial charge in [0.25, 0.3) is 6.47 Å². The first-order valence-electron chi connectivity index (χ1n) is 6.04. The Labute approximate surface area is 103 Å². The van der Waals surface area contributed by atoms with Crippen molar-refractivity contribution in [1.82, 2.24) is 4.98 Å². The summed E-state index contributed by atoms with van der Waals surface area (Å²) >= 11 is 0. The maximum Gasteiger partial charge on any atom is 0.293 e. The molecular weight excluding hydrogens is 216 g/mol. The summed E-state index contributed by atoms with van der Waals surface area (Å²) in [5.74, 6) is 1.40. The van der Waals surface area contributed by atoms with E-state index in [2.05, 4.69) is 15.8 Å². The van der Waals surface area contributed by atoms with Crippen LogP contribution in [0.1, 0.15) is 45.1 Å². The predicted octanol–water partition coefficient (Wildman–Crippen LogP) is 2.75. The lowest BCUT2D eigenvalue weighted by Crippen LogP contribution is -1.89. The highest BCUT2D eigenvalue weighted by Crippen LogP contribution is 2.39. The lowest BCUT2D eigenvalue weighted by molar-refractivity contribution is -0.128. The molecule has 1 aromatic heterocycles. The molecule has 0 aliphatic heterocycles. The van der Waals surface area contributed by atoms with Gasteiger partial charge in [0.1, 0.15) is 5.82 Å².